The minimum atomic E-state index is -1.04. The van der Waals surface area contributed by atoms with Crippen LogP contribution in [0, 0.1) is 0 Å². The Hall–Kier alpha value is -7.59. The second-order valence-electron chi connectivity index (χ2n) is 21.2. The average Bonchev–Trinajstić information content (AvgIpc) is 3.43. The minimum absolute atomic E-state index is 0.0521. The summed E-state index contributed by atoms with van der Waals surface area (Å²) in [5, 5.41) is 2.62. The third-order valence-electron chi connectivity index (χ3n) is 11.9. The molecule has 0 aliphatic rings. The fourth-order valence-corrected chi connectivity index (χ4v) is 7.75. The molecule has 0 aromatic heterocycles. The van der Waals surface area contributed by atoms with E-state index in [0.29, 0.717) is 47.2 Å². The lowest BCUT2D eigenvalue weighted by Gasteiger charge is -2.24. The third kappa shape index (κ3) is 24.6. The van der Waals surface area contributed by atoms with E-state index in [4.69, 9.17) is 48.4 Å². The monoisotopic (exact) mass is 1100 g/mol. The Labute approximate surface area is 473 Å². The molecule has 0 radical (unpaired) electrons. The van der Waals surface area contributed by atoms with Gasteiger partial charge in [-0.3, -0.25) is 4.79 Å². The first-order chi connectivity index (χ1) is 38.2. The van der Waals surface area contributed by atoms with Crippen LogP contribution in [-0.4, -0.2) is 80.7 Å². The minimum Gasteiger partial charge on any atom is -0.494 e. The molecule has 0 saturated heterocycles. The quantitative estimate of drug-likeness (QED) is 0.0198. The molecule has 16 heteroatoms. The van der Waals surface area contributed by atoms with Crippen LogP contribution in [0.5, 0.6) is 34.5 Å². The van der Waals surface area contributed by atoms with Crippen molar-refractivity contribution in [2.24, 2.45) is 5.73 Å². The van der Waals surface area contributed by atoms with Crippen molar-refractivity contribution in [1.29, 1.82) is 0 Å². The molecule has 0 spiro atoms. The van der Waals surface area contributed by atoms with Gasteiger partial charge < -0.3 is 53.7 Å². The number of alkyl carbamates (subject to hydrolysis) is 1. The topological polar surface area (TPSA) is 206 Å². The molecule has 0 heterocycles. The summed E-state index contributed by atoms with van der Waals surface area (Å²) < 4.78 is 49.8. The van der Waals surface area contributed by atoms with Crippen LogP contribution in [0.4, 0.5) is 4.79 Å². The van der Waals surface area contributed by atoms with E-state index in [2.05, 4.69) is 19.2 Å². The summed E-state index contributed by atoms with van der Waals surface area (Å²) in [4.78, 5) is 63.3. The molecule has 1 amide bonds. The molecular weight excluding hydrogens is 1020 g/mol. The van der Waals surface area contributed by atoms with Gasteiger partial charge in [0.05, 0.1) is 38.6 Å². The van der Waals surface area contributed by atoms with Crippen LogP contribution in [0.2, 0.25) is 0 Å². The largest absolute Gasteiger partial charge is 0.494 e. The van der Waals surface area contributed by atoms with Gasteiger partial charge in [-0.2, -0.15) is 0 Å². The zero-order chi connectivity index (χ0) is 58.5. The van der Waals surface area contributed by atoms with Gasteiger partial charge in [-0.15, -0.1) is 0 Å². The Morgan fingerprint density at radius 2 is 0.938 bits per heavy atom. The summed E-state index contributed by atoms with van der Waals surface area (Å²) in [6.45, 7) is 16.3. The van der Waals surface area contributed by atoms with Crippen molar-refractivity contribution in [3.05, 3.63) is 143 Å². The summed E-state index contributed by atoms with van der Waals surface area (Å²) in [5.74, 6) is 0.417. The van der Waals surface area contributed by atoms with Gasteiger partial charge in [-0.1, -0.05) is 108 Å². The summed E-state index contributed by atoms with van der Waals surface area (Å²) in [6, 6.07) is 31.1. The number of hydrogen-bond donors (Lipinski definition) is 2. The second kappa shape index (κ2) is 33.8. The molecule has 5 rings (SSSR count). The number of rotatable bonds is 29. The van der Waals surface area contributed by atoms with Crippen LogP contribution in [-0.2, 0) is 43.2 Å². The van der Waals surface area contributed by atoms with Gasteiger partial charge in [0.2, 0.25) is 0 Å². The van der Waals surface area contributed by atoms with Crippen LogP contribution in [0.15, 0.2) is 115 Å². The molecule has 2 atom stereocenters. The molecule has 434 valence electrons. The Kier molecular flexibility index (Phi) is 27.4. The van der Waals surface area contributed by atoms with Crippen molar-refractivity contribution in [2.75, 3.05) is 27.4 Å². The van der Waals surface area contributed by atoms with Crippen molar-refractivity contribution in [1.82, 2.24) is 5.32 Å². The number of carbonyl (C=O) groups excluding carboxylic acids is 5. The number of nitrogens with two attached hydrogens (primary N) is 1. The van der Waals surface area contributed by atoms with E-state index in [0.717, 1.165) is 42.6 Å². The number of nitrogens with one attached hydrogen (secondary N) is 1. The molecule has 5 aromatic carbocycles. The highest BCUT2D eigenvalue weighted by Crippen LogP contribution is 2.31. The van der Waals surface area contributed by atoms with Gasteiger partial charge in [0.15, 0.2) is 23.0 Å². The predicted octanol–water partition coefficient (Wildman–Crippen LogP) is 12.9. The van der Waals surface area contributed by atoms with E-state index < -0.39 is 53.3 Å². The SMILES string of the molecule is CCCCCCCOc1ccc(C(=O)Oc2ccc(CC(N)C(=O)OC(C)(C)C)cc2OC)cc1.CCCCCCCOc1ccc(C(=O)Oc2ccc(CC(NC(=O)OCc3ccccc3)C(=O)OC(C)(C)C)cc2OC)cc1. The Bertz CT molecular complexity index is 2680. The lowest BCUT2D eigenvalue weighted by Crippen LogP contribution is -2.45. The zero-order valence-electron chi connectivity index (χ0n) is 48.5. The van der Waals surface area contributed by atoms with E-state index in [1.807, 2.05) is 30.3 Å². The molecule has 2 unspecified atom stereocenters. The molecule has 80 heavy (non-hydrogen) atoms. The molecule has 0 saturated carbocycles. The fourth-order valence-electron chi connectivity index (χ4n) is 7.75. The Morgan fingerprint density at radius 1 is 0.500 bits per heavy atom. The lowest BCUT2D eigenvalue weighted by molar-refractivity contribution is -0.158. The van der Waals surface area contributed by atoms with Crippen molar-refractivity contribution in [3.63, 3.8) is 0 Å². The third-order valence-corrected chi connectivity index (χ3v) is 11.9. The zero-order valence-corrected chi connectivity index (χ0v) is 48.5. The molecule has 0 aliphatic carbocycles. The Balaban J connectivity index is 0.000000356. The molecular formula is C64H84N2O14. The van der Waals surface area contributed by atoms with Crippen LogP contribution in [0.1, 0.15) is 157 Å². The van der Waals surface area contributed by atoms with Crippen LogP contribution >= 0.6 is 0 Å². The predicted molar refractivity (Wildman–Crippen MR) is 308 cm³/mol. The number of ether oxygens (including phenoxy) is 9. The molecule has 16 nitrogen and oxygen atoms in total. The fraction of sp³-hybridized carbons (Fsp3) is 0.453. The van der Waals surface area contributed by atoms with Gasteiger partial charge >= 0.3 is 30.0 Å². The van der Waals surface area contributed by atoms with Gasteiger partial charge in [-0.25, -0.2) is 19.2 Å². The average molecular weight is 1110 g/mol. The second-order valence-corrected chi connectivity index (χ2v) is 21.2. The normalized spacial score (nSPS) is 11.8. The van der Waals surface area contributed by atoms with Gasteiger partial charge in [0.25, 0.3) is 0 Å². The summed E-state index contributed by atoms with van der Waals surface area (Å²) in [6.07, 6.45) is 11.2. The first-order valence-electron chi connectivity index (χ1n) is 27.6. The van der Waals surface area contributed by atoms with Crippen LogP contribution in [0.25, 0.3) is 0 Å². The number of carbonyl (C=O) groups is 5. The van der Waals surface area contributed by atoms with Crippen LogP contribution < -0.4 is 39.5 Å². The smallest absolute Gasteiger partial charge is 0.408 e. The Morgan fingerprint density at radius 3 is 1.38 bits per heavy atom. The van der Waals surface area contributed by atoms with E-state index in [1.54, 1.807) is 126 Å². The first-order valence-corrected chi connectivity index (χ1v) is 27.6. The highest BCUT2D eigenvalue weighted by Gasteiger charge is 2.29. The van der Waals surface area contributed by atoms with Gasteiger partial charge in [0.1, 0.15) is 41.4 Å². The molecule has 0 aliphatic heterocycles. The van der Waals surface area contributed by atoms with Crippen molar-refractivity contribution in [3.8, 4) is 34.5 Å². The lowest BCUT2D eigenvalue weighted by atomic mass is 10.0. The van der Waals surface area contributed by atoms with Crippen LogP contribution in [0.3, 0.4) is 0 Å². The molecule has 0 bridgehead atoms. The highest BCUT2D eigenvalue weighted by molar-refractivity contribution is 5.92. The van der Waals surface area contributed by atoms with E-state index >= 15 is 0 Å². The maximum absolute atomic E-state index is 13.0. The number of benzene rings is 5. The first kappa shape index (κ1) is 64.9. The number of esters is 4. The molecule has 0 fully saturated rings. The number of hydrogen-bond acceptors (Lipinski definition) is 15. The van der Waals surface area contributed by atoms with E-state index in [1.165, 1.54) is 52.7 Å². The van der Waals surface area contributed by atoms with Crippen molar-refractivity contribution >= 4 is 30.0 Å². The van der Waals surface area contributed by atoms with E-state index in [9.17, 15) is 24.0 Å². The number of amides is 1. The van der Waals surface area contributed by atoms with Crippen molar-refractivity contribution in [2.45, 2.75) is 162 Å². The summed E-state index contributed by atoms with van der Waals surface area (Å²) in [7, 11) is 2.94. The van der Waals surface area contributed by atoms with Crippen molar-refractivity contribution < 1.29 is 66.6 Å². The highest BCUT2D eigenvalue weighted by atomic mass is 16.6. The maximum Gasteiger partial charge on any atom is 0.408 e. The summed E-state index contributed by atoms with van der Waals surface area (Å²) in [5.41, 5.74) is 7.61. The number of unbranched alkanes of at least 4 members (excludes halogenated alkanes) is 8. The maximum atomic E-state index is 13.0. The molecule has 5 aromatic rings. The summed E-state index contributed by atoms with van der Waals surface area (Å²) >= 11 is 0. The van der Waals surface area contributed by atoms with E-state index in [-0.39, 0.29) is 30.9 Å². The standard InChI is InChI=1S/C36H45NO8.C28H39NO6/c1-6-7-8-9-13-22-42-29-19-17-28(18-20-29)33(38)44-31-21-16-27(24-32(31)41-5)23-30(34(39)45-36(2,3)4)37-35(40)43-25-26-14-11-10-12-15-26;1-6-7-8-9-10-17-33-22-14-12-21(13-15-22)26(30)34-24-16-11-20(19-25(24)32-5)18-23(29)27(31)35-28(2,3)4/h10-12,14-21,24,30H,6-9,13,22-23,25H2,1-5H3,(H,37,40);11-16,19,23H,6-10,17-18,29H2,1-5H3. The number of methoxy groups -OCH3 is 2. The van der Waals surface area contributed by atoms with Gasteiger partial charge in [0, 0.05) is 6.42 Å². The molecule has 3 N–H and O–H groups in total. The van der Waals surface area contributed by atoms with Gasteiger partial charge in [-0.05, 0) is 150 Å².